The van der Waals surface area contributed by atoms with Crippen LogP contribution in [0.3, 0.4) is 0 Å². The molecule has 7 heteroatoms. The Kier molecular flexibility index (Phi) is 11.5. The largest absolute Gasteiger partial charge is 0.493 e. The molecule has 1 aliphatic rings. The lowest BCUT2D eigenvalue weighted by Gasteiger charge is -2.20. The predicted molar refractivity (Wildman–Crippen MR) is 147 cm³/mol. The van der Waals surface area contributed by atoms with Crippen molar-refractivity contribution in [3.05, 3.63) is 58.5 Å². The second-order valence-electron chi connectivity index (χ2n) is 8.44. The molecule has 1 N–H and O–H groups in total. The molecule has 2 aromatic rings. The molecule has 1 aliphatic heterocycles. The summed E-state index contributed by atoms with van der Waals surface area (Å²) in [5, 5.41) is 3.20. The molecule has 0 saturated carbocycles. The van der Waals surface area contributed by atoms with E-state index in [1.807, 2.05) is 50.4 Å². The van der Waals surface area contributed by atoms with Crippen LogP contribution in [-0.2, 0) is 0 Å². The highest BCUT2D eigenvalue weighted by Crippen LogP contribution is 2.47. The van der Waals surface area contributed by atoms with Gasteiger partial charge in [0.05, 0.1) is 13.7 Å². The summed E-state index contributed by atoms with van der Waals surface area (Å²) in [6, 6.07) is 13.5. The van der Waals surface area contributed by atoms with E-state index >= 15 is 0 Å². The highest BCUT2D eigenvalue weighted by molar-refractivity contribution is 8.02. The van der Waals surface area contributed by atoms with Crippen molar-refractivity contribution < 1.29 is 19.0 Å². The Labute approximate surface area is 215 Å². The van der Waals surface area contributed by atoms with E-state index in [1.54, 1.807) is 43.0 Å². The molecule has 0 bridgehead atoms. The minimum atomic E-state index is -0.742. The van der Waals surface area contributed by atoms with Crippen molar-refractivity contribution in [3.63, 3.8) is 0 Å². The summed E-state index contributed by atoms with van der Waals surface area (Å²) in [5.41, 5.74) is 1.62. The van der Waals surface area contributed by atoms with Crippen LogP contribution in [0.5, 0.6) is 17.2 Å². The van der Waals surface area contributed by atoms with Gasteiger partial charge in [-0.2, -0.15) is 0 Å². The van der Waals surface area contributed by atoms with Crippen LogP contribution in [0.1, 0.15) is 56.5 Å². The first kappa shape index (κ1) is 28.6. The first-order chi connectivity index (χ1) is 16.8. The van der Waals surface area contributed by atoms with Crippen molar-refractivity contribution in [1.29, 1.82) is 0 Å². The van der Waals surface area contributed by atoms with Crippen LogP contribution in [0.4, 0.5) is 0 Å². The van der Waals surface area contributed by atoms with E-state index < -0.39 is 5.79 Å². The van der Waals surface area contributed by atoms with Gasteiger partial charge in [-0.3, -0.25) is 4.79 Å². The number of carbonyl (C=O) groups excluding carboxylic acids is 1. The van der Waals surface area contributed by atoms with Gasteiger partial charge in [0.2, 0.25) is 11.5 Å². The number of methoxy groups -OCH3 is 1. The third-order valence-corrected chi connectivity index (χ3v) is 6.35. The fraction of sp³-hybridized carbons (Fsp3) is 0.464. The topological polar surface area (TPSA) is 60.0 Å². The molecule has 1 amide bonds. The van der Waals surface area contributed by atoms with Crippen molar-refractivity contribution in [2.45, 2.75) is 46.3 Å². The second-order valence-corrected chi connectivity index (χ2v) is 9.37. The number of carbonyl (C=O) groups is 1. The first-order valence-electron chi connectivity index (χ1n) is 12.2. The number of likely N-dealkylation sites (N-methyl/N-ethyl adjacent to an activating group) is 1. The number of amides is 1. The average Bonchev–Trinajstić information content (AvgIpc) is 3.23. The van der Waals surface area contributed by atoms with Crippen LogP contribution in [-0.4, -0.2) is 56.6 Å². The van der Waals surface area contributed by atoms with E-state index in [2.05, 4.69) is 25.2 Å². The molecule has 2 aromatic carbocycles. The maximum absolute atomic E-state index is 13.1. The molecule has 0 saturated heterocycles. The smallest absolute Gasteiger partial charge is 0.254 e. The Bertz CT molecular complexity index is 976. The highest BCUT2D eigenvalue weighted by Gasteiger charge is 2.38. The Morgan fingerprint density at radius 3 is 2.43 bits per heavy atom. The minimum Gasteiger partial charge on any atom is -0.493 e. The molecule has 3 rings (SSSR count). The molecular weight excluding hydrogens is 460 g/mol. The number of ether oxygens (including phenoxy) is 3. The lowest BCUT2D eigenvalue weighted by molar-refractivity contribution is -0.0647. The molecule has 0 aromatic heterocycles. The fourth-order valence-corrected chi connectivity index (χ4v) is 4.00. The monoisotopic (exact) mass is 500 g/mol. The minimum absolute atomic E-state index is 0.104. The molecule has 35 heavy (non-hydrogen) atoms. The Morgan fingerprint density at radius 1 is 1.17 bits per heavy atom. The Morgan fingerprint density at radius 2 is 1.89 bits per heavy atom. The van der Waals surface area contributed by atoms with E-state index in [0.29, 0.717) is 35.8 Å². The standard InChI is InChI=1S/C23H27NO4S.C5H13N/c1-6-23(2)27-20-14-17(13-19(26-4)21(20)28-23)22(25)24(3)15-18(29-5)12-16-10-8-7-9-11-16;1-3-5-6-4-2/h7-14H,6,15H2,1-5H3;6H,3-5H2,1-2H3/b18-12-;. The molecule has 1 atom stereocenters. The molecule has 0 aliphatic carbocycles. The molecule has 0 radical (unpaired) electrons. The lowest BCUT2D eigenvalue weighted by atomic mass is 10.1. The molecule has 192 valence electrons. The number of nitrogens with zero attached hydrogens (tertiary/aromatic N) is 1. The fourth-order valence-electron chi connectivity index (χ4n) is 3.43. The van der Waals surface area contributed by atoms with E-state index in [1.165, 1.54) is 6.42 Å². The van der Waals surface area contributed by atoms with Crippen LogP contribution >= 0.6 is 11.8 Å². The summed E-state index contributed by atoms with van der Waals surface area (Å²) in [6.07, 6.45) is 6.03. The van der Waals surface area contributed by atoms with Gasteiger partial charge in [-0.05, 0) is 49.5 Å². The van der Waals surface area contributed by atoms with Crippen molar-refractivity contribution in [2.24, 2.45) is 0 Å². The predicted octanol–water partition coefficient (Wildman–Crippen LogP) is 6.07. The van der Waals surface area contributed by atoms with Crippen LogP contribution in [0.15, 0.2) is 47.4 Å². The summed E-state index contributed by atoms with van der Waals surface area (Å²) in [5.74, 6) is 0.738. The van der Waals surface area contributed by atoms with Gasteiger partial charge in [-0.15, -0.1) is 11.8 Å². The van der Waals surface area contributed by atoms with Crippen molar-refractivity contribution in [2.75, 3.05) is 40.0 Å². The van der Waals surface area contributed by atoms with Gasteiger partial charge >= 0.3 is 0 Å². The van der Waals surface area contributed by atoms with E-state index in [-0.39, 0.29) is 5.91 Å². The molecule has 6 nitrogen and oxygen atoms in total. The quantitative estimate of drug-likeness (QED) is 0.399. The second kappa shape index (κ2) is 14.0. The summed E-state index contributed by atoms with van der Waals surface area (Å²) in [7, 11) is 3.36. The summed E-state index contributed by atoms with van der Waals surface area (Å²) in [6.45, 7) is 10.9. The number of hydrogen-bond acceptors (Lipinski definition) is 6. The number of thioether (sulfide) groups is 1. The zero-order valence-electron chi connectivity index (χ0n) is 22.1. The number of nitrogens with one attached hydrogen (secondary N) is 1. The highest BCUT2D eigenvalue weighted by atomic mass is 32.2. The Balaban J connectivity index is 0.000000641. The number of benzene rings is 2. The molecule has 0 spiro atoms. The van der Waals surface area contributed by atoms with Crippen molar-refractivity contribution in [1.82, 2.24) is 10.2 Å². The maximum Gasteiger partial charge on any atom is 0.254 e. The van der Waals surface area contributed by atoms with Gasteiger partial charge in [-0.1, -0.05) is 51.1 Å². The van der Waals surface area contributed by atoms with Crippen molar-refractivity contribution in [3.8, 4) is 17.2 Å². The summed E-state index contributed by atoms with van der Waals surface area (Å²) < 4.78 is 17.3. The summed E-state index contributed by atoms with van der Waals surface area (Å²) in [4.78, 5) is 15.9. The third kappa shape index (κ3) is 8.22. The molecule has 1 unspecified atom stereocenters. The first-order valence-corrected chi connectivity index (χ1v) is 13.4. The number of hydrogen-bond donors (Lipinski definition) is 1. The molecular formula is C28H40N2O4S. The van der Waals surface area contributed by atoms with Gasteiger partial charge in [0.15, 0.2) is 11.5 Å². The SMILES string of the molecule is CCC1(C)Oc2cc(C(=O)N(C)C/C(=C/c3ccccc3)SC)cc(OC)c2O1.CCCNCC. The van der Waals surface area contributed by atoms with E-state index in [4.69, 9.17) is 14.2 Å². The van der Waals surface area contributed by atoms with Crippen molar-refractivity contribution >= 4 is 23.7 Å². The average molecular weight is 501 g/mol. The third-order valence-electron chi connectivity index (χ3n) is 5.58. The van der Waals surface area contributed by atoms with Crippen LogP contribution < -0.4 is 19.5 Å². The molecule has 1 heterocycles. The van der Waals surface area contributed by atoms with Gasteiger partial charge in [-0.25, -0.2) is 0 Å². The maximum atomic E-state index is 13.1. The number of rotatable bonds is 10. The van der Waals surface area contributed by atoms with Gasteiger partial charge in [0, 0.05) is 30.9 Å². The normalized spacial score (nSPS) is 16.4. The van der Waals surface area contributed by atoms with Gasteiger partial charge < -0.3 is 24.4 Å². The van der Waals surface area contributed by atoms with Crippen LogP contribution in [0, 0.1) is 0 Å². The Hall–Kier alpha value is -2.64. The van der Waals surface area contributed by atoms with Gasteiger partial charge in [0.25, 0.3) is 5.91 Å². The zero-order valence-corrected chi connectivity index (χ0v) is 23.0. The van der Waals surface area contributed by atoms with Crippen LogP contribution in [0.25, 0.3) is 6.08 Å². The number of fused-ring (bicyclic) bond motifs is 1. The summed E-state index contributed by atoms with van der Waals surface area (Å²) >= 11 is 1.63. The lowest BCUT2D eigenvalue weighted by Crippen LogP contribution is -2.33. The van der Waals surface area contributed by atoms with E-state index in [9.17, 15) is 4.79 Å². The van der Waals surface area contributed by atoms with E-state index in [0.717, 1.165) is 23.6 Å². The van der Waals surface area contributed by atoms with Gasteiger partial charge in [0.1, 0.15) is 0 Å². The van der Waals surface area contributed by atoms with Crippen LogP contribution in [0.2, 0.25) is 0 Å². The zero-order chi connectivity index (χ0) is 25.8. The molecule has 0 fully saturated rings.